The van der Waals surface area contributed by atoms with Crippen LogP contribution in [0, 0.1) is 0 Å². The van der Waals surface area contributed by atoms with Gasteiger partial charge in [-0.05, 0) is 85.6 Å². The Morgan fingerprint density at radius 3 is 2.07 bits per heavy atom. The average molecular weight is 553 g/mol. The second-order valence-corrected chi connectivity index (χ2v) is 15.0. The van der Waals surface area contributed by atoms with Gasteiger partial charge in [-0.15, -0.1) is 0 Å². The van der Waals surface area contributed by atoms with Crippen LogP contribution in [-0.2, 0) is 10.8 Å². The lowest BCUT2D eigenvalue weighted by atomic mass is 9.45. The molecule has 0 N–H and O–H groups in total. The van der Waals surface area contributed by atoms with Crippen molar-refractivity contribution in [1.29, 1.82) is 0 Å². The van der Waals surface area contributed by atoms with Gasteiger partial charge in [0, 0.05) is 43.8 Å². The topological polar surface area (TPSA) is 9.86 Å². The highest BCUT2D eigenvalue weighted by molar-refractivity contribution is 6.90. The first-order chi connectivity index (χ1) is 20.6. The van der Waals surface area contributed by atoms with Crippen LogP contribution in [0.2, 0.25) is 0 Å². The SMILES string of the molecule is CC(C)(C)c1ccc2c(c1)c1cc(C(C)(C)C)cc3c1n2B1c2c-3cccc2-n2c3cccc4ccc5ccc1c2c5c43. The summed E-state index contributed by atoms with van der Waals surface area (Å²) in [5.74, 6) is 0. The summed E-state index contributed by atoms with van der Waals surface area (Å²) in [6, 6.07) is 35.4. The Hall–Kier alpha value is -4.50. The van der Waals surface area contributed by atoms with E-state index < -0.39 is 0 Å². The van der Waals surface area contributed by atoms with Crippen LogP contribution in [0.25, 0.3) is 71.2 Å². The van der Waals surface area contributed by atoms with Crippen molar-refractivity contribution >= 4 is 72.2 Å². The van der Waals surface area contributed by atoms with E-state index in [0.29, 0.717) is 0 Å². The largest absolute Gasteiger partial charge is 0.375 e. The highest BCUT2D eigenvalue weighted by atomic mass is 15.0. The number of benzene rings is 6. The van der Waals surface area contributed by atoms with E-state index in [-0.39, 0.29) is 17.7 Å². The minimum atomic E-state index is 0.0386. The fourth-order valence-corrected chi connectivity index (χ4v) is 8.44. The third-order valence-electron chi connectivity index (χ3n) is 10.5. The molecule has 0 spiro atoms. The summed E-state index contributed by atoms with van der Waals surface area (Å²) in [6.07, 6.45) is 0. The number of hydrogen-bond donors (Lipinski definition) is 0. The molecule has 0 atom stereocenters. The molecular weight excluding hydrogens is 519 g/mol. The van der Waals surface area contributed by atoms with Crippen molar-refractivity contribution in [2.24, 2.45) is 0 Å². The molecule has 2 aliphatic rings. The molecule has 2 aliphatic heterocycles. The summed E-state index contributed by atoms with van der Waals surface area (Å²) in [6.45, 7) is 14.1. The molecule has 2 nitrogen and oxygen atoms in total. The van der Waals surface area contributed by atoms with Crippen LogP contribution in [-0.4, -0.2) is 15.9 Å². The van der Waals surface area contributed by atoms with Gasteiger partial charge >= 0.3 is 6.85 Å². The van der Waals surface area contributed by atoms with Crippen molar-refractivity contribution in [2.45, 2.75) is 52.4 Å². The summed E-state index contributed by atoms with van der Waals surface area (Å²) >= 11 is 0. The van der Waals surface area contributed by atoms with Gasteiger partial charge < -0.3 is 9.05 Å². The zero-order chi connectivity index (χ0) is 29.2. The number of fused-ring (bicyclic) bond motifs is 8. The maximum atomic E-state index is 2.70. The molecule has 6 aromatic carbocycles. The first-order valence-electron chi connectivity index (χ1n) is 15.7. The summed E-state index contributed by atoms with van der Waals surface area (Å²) in [5.41, 5.74) is 15.2. The fourth-order valence-electron chi connectivity index (χ4n) is 8.44. The molecule has 8 aromatic rings. The summed E-state index contributed by atoms with van der Waals surface area (Å²) in [7, 11) is 0. The van der Waals surface area contributed by atoms with Gasteiger partial charge in [0.1, 0.15) is 0 Å². The second-order valence-electron chi connectivity index (χ2n) is 15.0. The molecule has 0 bridgehead atoms. The van der Waals surface area contributed by atoms with Gasteiger partial charge in [-0.3, -0.25) is 0 Å². The molecular formula is C40H33BN2. The van der Waals surface area contributed by atoms with Crippen molar-refractivity contribution in [2.75, 3.05) is 0 Å². The van der Waals surface area contributed by atoms with Gasteiger partial charge in [-0.2, -0.15) is 0 Å². The molecule has 0 unspecified atom stereocenters. The molecule has 0 saturated carbocycles. The Kier molecular flexibility index (Phi) is 4.10. The molecule has 0 aliphatic carbocycles. The van der Waals surface area contributed by atoms with Crippen molar-refractivity contribution < 1.29 is 0 Å². The standard InChI is InChI=1S/C40H33BN2/c1-39(2,3)24-16-18-31-27(19-24)29-21-25(40(4,5)6)20-28-26-10-8-12-33-36(26)41(43(31)37(28)29)30-17-15-23-14-13-22-9-7-11-32-34(22)35(23)38(30)42(32)33/h7-21H,1-6H3. The average Bonchev–Trinajstić information content (AvgIpc) is 3.51. The quantitative estimate of drug-likeness (QED) is 0.131. The van der Waals surface area contributed by atoms with Crippen molar-refractivity contribution in [3.8, 4) is 16.8 Å². The maximum absolute atomic E-state index is 2.70. The normalized spacial score (nSPS) is 14.2. The van der Waals surface area contributed by atoms with Gasteiger partial charge in [0.2, 0.25) is 0 Å². The van der Waals surface area contributed by atoms with E-state index in [1.807, 2.05) is 0 Å². The lowest BCUT2D eigenvalue weighted by Crippen LogP contribution is -2.55. The number of aromatic nitrogens is 2. The van der Waals surface area contributed by atoms with Gasteiger partial charge in [-0.1, -0.05) is 96.1 Å². The van der Waals surface area contributed by atoms with Crippen LogP contribution < -0.4 is 10.9 Å². The number of hydrogen-bond acceptors (Lipinski definition) is 0. The lowest BCUT2D eigenvalue weighted by molar-refractivity contribution is 0.590. The third kappa shape index (κ3) is 2.78. The first-order valence-corrected chi connectivity index (χ1v) is 15.7. The van der Waals surface area contributed by atoms with Crippen molar-refractivity contribution in [1.82, 2.24) is 9.05 Å². The Labute approximate surface area is 252 Å². The fraction of sp³-hybridized carbons (Fsp3) is 0.200. The maximum Gasteiger partial charge on any atom is 0.333 e. The Morgan fingerprint density at radius 1 is 0.558 bits per heavy atom. The number of nitrogens with zero attached hydrogens (tertiary/aromatic N) is 2. The second kappa shape index (κ2) is 7.34. The smallest absolute Gasteiger partial charge is 0.333 e. The van der Waals surface area contributed by atoms with Gasteiger partial charge in [-0.25, -0.2) is 0 Å². The third-order valence-corrected chi connectivity index (χ3v) is 10.5. The van der Waals surface area contributed by atoms with Gasteiger partial charge in [0.15, 0.2) is 0 Å². The zero-order valence-electron chi connectivity index (χ0n) is 25.6. The molecule has 206 valence electrons. The molecule has 0 saturated heterocycles. The van der Waals surface area contributed by atoms with E-state index in [0.717, 1.165) is 0 Å². The minimum Gasteiger partial charge on any atom is -0.375 e. The predicted octanol–water partition coefficient (Wildman–Crippen LogP) is 9.03. The lowest BCUT2D eigenvalue weighted by Gasteiger charge is -2.34. The zero-order valence-corrected chi connectivity index (χ0v) is 25.6. The van der Waals surface area contributed by atoms with Crippen LogP contribution in [0.15, 0.2) is 91.0 Å². The van der Waals surface area contributed by atoms with Crippen LogP contribution in [0.1, 0.15) is 52.7 Å². The highest BCUT2D eigenvalue weighted by Gasteiger charge is 2.42. The molecule has 2 aromatic heterocycles. The van der Waals surface area contributed by atoms with E-state index in [1.165, 1.54) is 93.3 Å². The van der Waals surface area contributed by atoms with Crippen LogP contribution in [0.4, 0.5) is 0 Å². The Balaban J connectivity index is 1.45. The minimum absolute atomic E-state index is 0.0386. The predicted molar refractivity (Wildman–Crippen MR) is 186 cm³/mol. The van der Waals surface area contributed by atoms with Crippen molar-refractivity contribution in [3.63, 3.8) is 0 Å². The van der Waals surface area contributed by atoms with Crippen molar-refractivity contribution in [3.05, 3.63) is 102 Å². The molecule has 0 fully saturated rings. The van der Waals surface area contributed by atoms with Crippen LogP contribution >= 0.6 is 0 Å². The van der Waals surface area contributed by atoms with E-state index in [9.17, 15) is 0 Å². The molecule has 43 heavy (non-hydrogen) atoms. The summed E-state index contributed by atoms with van der Waals surface area (Å²) in [4.78, 5) is 0. The Morgan fingerprint density at radius 2 is 1.28 bits per heavy atom. The summed E-state index contributed by atoms with van der Waals surface area (Å²) < 4.78 is 5.28. The van der Waals surface area contributed by atoms with Crippen LogP contribution in [0.3, 0.4) is 0 Å². The van der Waals surface area contributed by atoms with E-state index >= 15 is 0 Å². The number of rotatable bonds is 0. The van der Waals surface area contributed by atoms with E-state index in [1.54, 1.807) is 0 Å². The molecule has 4 heterocycles. The van der Waals surface area contributed by atoms with E-state index in [2.05, 4.69) is 142 Å². The Bertz CT molecular complexity index is 2530. The first kappa shape index (κ1) is 24.0. The molecule has 3 heteroatoms. The van der Waals surface area contributed by atoms with Gasteiger partial charge in [0.05, 0.1) is 11.0 Å². The molecule has 0 radical (unpaired) electrons. The van der Waals surface area contributed by atoms with E-state index in [4.69, 9.17) is 0 Å². The monoisotopic (exact) mass is 552 g/mol. The van der Waals surface area contributed by atoms with Gasteiger partial charge in [0.25, 0.3) is 0 Å². The van der Waals surface area contributed by atoms with Crippen LogP contribution in [0.5, 0.6) is 0 Å². The molecule has 10 rings (SSSR count). The highest BCUT2D eigenvalue weighted by Crippen LogP contribution is 2.46. The summed E-state index contributed by atoms with van der Waals surface area (Å²) in [5, 5.41) is 8.18. The molecule has 0 amide bonds.